The molecule has 0 aliphatic heterocycles. The highest BCUT2D eigenvalue weighted by Crippen LogP contribution is 2.08. The van der Waals surface area contributed by atoms with E-state index >= 15 is 0 Å². The first kappa shape index (κ1) is 14.8. The molecule has 7 heteroatoms. The molecule has 3 amide bonds. The number of rotatable bonds is 7. The Morgan fingerprint density at radius 3 is 2.31 bits per heavy atom. The van der Waals surface area contributed by atoms with Crippen LogP contribution in [0.4, 0.5) is 0 Å². The van der Waals surface area contributed by atoms with Crippen LogP contribution in [0.25, 0.3) is 0 Å². The van der Waals surface area contributed by atoms with Gasteiger partial charge in [-0.1, -0.05) is 0 Å². The molecule has 0 fully saturated rings. The maximum Gasteiger partial charge on any atom is 0.230 e. The summed E-state index contributed by atoms with van der Waals surface area (Å²) >= 11 is 1.18. The number of hydrogen-bond donors (Lipinski definition) is 3. The zero-order valence-corrected chi connectivity index (χ0v) is 10.2. The molecule has 0 saturated heterocycles. The predicted molar refractivity (Wildman–Crippen MR) is 62.8 cm³/mol. The van der Waals surface area contributed by atoms with E-state index in [1.54, 1.807) is 6.92 Å². The Labute approximate surface area is 98.7 Å². The zero-order chi connectivity index (χ0) is 12.6. The van der Waals surface area contributed by atoms with Gasteiger partial charge in [-0.3, -0.25) is 14.4 Å². The van der Waals surface area contributed by atoms with Crippen molar-refractivity contribution < 1.29 is 14.4 Å². The lowest BCUT2D eigenvalue weighted by Gasteiger charge is -2.08. The van der Waals surface area contributed by atoms with Gasteiger partial charge in [0.15, 0.2) is 0 Å². The van der Waals surface area contributed by atoms with Gasteiger partial charge in [-0.25, -0.2) is 0 Å². The number of carbonyl (C=O) groups is 3. The van der Waals surface area contributed by atoms with Gasteiger partial charge in [0.05, 0.1) is 11.0 Å². The normalized spacial score (nSPS) is 11.6. The smallest absolute Gasteiger partial charge is 0.230 e. The first-order chi connectivity index (χ1) is 7.43. The Kier molecular flexibility index (Phi) is 7.36. The second-order valence-electron chi connectivity index (χ2n) is 3.19. The van der Waals surface area contributed by atoms with E-state index in [1.807, 2.05) is 0 Å². The highest BCUT2D eigenvalue weighted by atomic mass is 32.2. The van der Waals surface area contributed by atoms with Crippen LogP contribution in [0.15, 0.2) is 0 Å². The largest absolute Gasteiger partial charge is 0.369 e. The summed E-state index contributed by atoms with van der Waals surface area (Å²) in [4.78, 5) is 32.4. The average molecular weight is 247 g/mol. The SMILES string of the molecule is CC(=O)NCCNC(=O)CSC(C)C(N)=O. The molecule has 0 heterocycles. The average Bonchev–Trinajstić information content (AvgIpc) is 2.20. The molecule has 0 aromatic rings. The van der Waals surface area contributed by atoms with E-state index in [1.165, 1.54) is 18.7 Å². The molecule has 0 radical (unpaired) electrons. The van der Waals surface area contributed by atoms with E-state index < -0.39 is 5.91 Å². The van der Waals surface area contributed by atoms with Crippen molar-refractivity contribution in [3.05, 3.63) is 0 Å². The third-order valence-electron chi connectivity index (χ3n) is 1.69. The Balaban J connectivity index is 3.52. The third kappa shape index (κ3) is 8.10. The lowest BCUT2D eigenvalue weighted by molar-refractivity contribution is -0.120. The van der Waals surface area contributed by atoms with Crippen LogP contribution in [0, 0.1) is 0 Å². The minimum Gasteiger partial charge on any atom is -0.369 e. The maximum atomic E-state index is 11.2. The van der Waals surface area contributed by atoms with E-state index in [2.05, 4.69) is 10.6 Å². The number of nitrogens with one attached hydrogen (secondary N) is 2. The van der Waals surface area contributed by atoms with Crippen molar-refractivity contribution in [3.8, 4) is 0 Å². The third-order valence-corrected chi connectivity index (χ3v) is 2.85. The van der Waals surface area contributed by atoms with Gasteiger partial charge in [0.25, 0.3) is 0 Å². The standard InChI is InChI=1S/C9H17N3O3S/c1-6(9(10)15)16-5-8(14)12-4-3-11-7(2)13/h6H,3-5H2,1-2H3,(H2,10,15)(H,11,13)(H,12,14). The van der Waals surface area contributed by atoms with E-state index in [4.69, 9.17) is 5.73 Å². The molecule has 0 bridgehead atoms. The molecule has 1 unspecified atom stereocenters. The Bertz CT molecular complexity index is 271. The molecule has 0 aliphatic rings. The summed E-state index contributed by atoms with van der Waals surface area (Å²) in [6, 6.07) is 0. The van der Waals surface area contributed by atoms with E-state index in [9.17, 15) is 14.4 Å². The Hall–Kier alpha value is -1.24. The molecular formula is C9H17N3O3S. The summed E-state index contributed by atoms with van der Waals surface area (Å²) in [7, 11) is 0. The van der Waals surface area contributed by atoms with Gasteiger partial charge >= 0.3 is 0 Å². The fourth-order valence-corrected chi connectivity index (χ4v) is 1.44. The van der Waals surface area contributed by atoms with Crippen molar-refractivity contribution in [2.24, 2.45) is 5.73 Å². The molecule has 1 atom stereocenters. The molecule has 0 aliphatic carbocycles. The van der Waals surface area contributed by atoms with Crippen molar-refractivity contribution in [2.75, 3.05) is 18.8 Å². The van der Waals surface area contributed by atoms with Crippen LogP contribution >= 0.6 is 11.8 Å². The highest BCUT2D eigenvalue weighted by molar-refractivity contribution is 8.01. The summed E-state index contributed by atoms with van der Waals surface area (Å²) in [6.07, 6.45) is 0. The van der Waals surface area contributed by atoms with Gasteiger partial charge in [-0.2, -0.15) is 0 Å². The van der Waals surface area contributed by atoms with Crippen LogP contribution in [-0.2, 0) is 14.4 Å². The molecule has 0 rings (SSSR count). The number of carbonyl (C=O) groups excluding carboxylic acids is 3. The van der Waals surface area contributed by atoms with Crippen molar-refractivity contribution >= 4 is 29.5 Å². The Morgan fingerprint density at radius 2 is 1.81 bits per heavy atom. The van der Waals surface area contributed by atoms with Gasteiger partial charge in [0, 0.05) is 20.0 Å². The van der Waals surface area contributed by atoms with Crippen molar-refractivity contribution in [1.29, 1.82) is 0 Å². The van der Waals surface area contributed by atoms with Crippen LogP contribution in [-0.4, -0.2) is 41.8 Å². The zero-order valence-electron chi connectivity index (χ0n) is 9.41. The lowest BCUT2D eigenvalue weighted by Crippen LogP contribution is -2.35. The topological polar surface area (TPSA) is 101 Å². The molecule has 6 nitrogen and oxygen atoms in total. The monoisotopic (exact) mass is 247 g/mol. The second-order valence-corrected chi connectivity index (χ2v) is 4.52. The summed E-state index contributed by atoms with van der Waals surface area (Å²) in [6.45, 7) is 3.84. The van der Waals surface area contributed by atoms with Gasteiger partial charge < -0.3 is 16.4 Å². The van der Waals surface area contributed by atoms with Gasteiger partial charge in [0.1, 0.15) is 0 Å². The molecule has 0 saturated carbocycles. The number of nitrogens with two attached hydrogens (primary N) is 1. The van der Waals surface area contributed by atoms with Crippen molar-refractivity contribution in [3.63, 3.8) is 0 Å². The van der Waals surface area contributed by atoms with Crippen LogP contribution in [0.2, 0.25) is 0 Å². The Morgan fingerprint density at radius 1 is 1.25 bits per heavy atom. The van der Waals surface area contributed by atoms with Gasteiger partial charge in [0.2, 0.25) is 17.7 Å². The van der Waals surface area contributed by atoms with E-state index in [-0.39, 0.29) is 22.8 Å². The number of amides is 3. The maximum absolute atomic E-state index is 11.2. The first-order valence-corrected chi connectivity index (χ1v) is 5.90. The lowest BCUT2D eigenvalue weighted by atomic mass is 10.5. The van der Waals surface area contributed by atoms with Crippen LogP contribution < -0.4 is 16.4 Å². The number of primary amides is 1. The van der Waals surface area contributed by atoms with Gasteiger partial charge in [-0.05, 0) is 6.92 Å². The summed E-state index contributed by atoms with van der Waals surface area (Å²) in [5.41, 5.74) is 5.04. The highest BCUT2D eigenvalue weighted by Gasteiger charge is 2.11. The molecule has 0 aromatic carbocycles. The van der Waals surface area contributed by atoms with Crippen LogP contribution in [0.5, 0.6) is 0 Å². The fraction of sp³-hybridized carbons (Fsp3) is 0.667. The predicted octanol–water partition coefficient (Wildman–Crippen LogP) is -1.15. The molecule has 0 aromatic heterocycles. The quantitative estimate of drug-likeness (QED) is 0.494. The van der Waals surface area contributed by atoms with Crippen LogP contribution in [0.3, 0.4) is 0 Å². The van der Waals surface area contributed by atoms with Crippen molar-refractivity contribution in [2.45, 2.75) is 19.1 Å². The van der Waals surface area contributed by atoms with Crippen LogP contribution in [0.1, 0.15) is 13.8 Å². The van der Waals surface area contributed by atoms with Gasteiger partial charge in [-0.15, -0.1) is 11.8 Å². The minimum absolute atomic E-state index is 0.133. The molecule has 0 spiro atoms. The number of hydrogen-bond acceptors (Lipinski definition) is 4. The summed E-state index contributed by atoms with van der Waals surface area (Å²) in [5.74, 6) is -0.560. The number of thioether (sulfide) groups is 1. The second kappa shape index (κ2) is 7.98. The molecule has 92 valence electrons. The summed E-state index contributed by atoms with van der Waals surface area (Å²) < 4.78 is 0. The van der Waals surface area contributed by atoms with E-state index in [0.717, 1.165) is 0 Å². The summed E-state index contributed by atoms with van der Waals surface area (Å²) in [5, 5.41) is 4.78. The fourth-order valence-electron chi connectivity index (χ4n) is 0.774. The van der Waals surface area contributed by atoms with Crippen molar-refractivity contribution in [1.82, 2.24) is 10.6 Å². The van der Waals surface area contributed by atoms with E-state index in [0.29, 0.717) is 13.1 Å². The molecular weight excluding hydrogens is 230 g/mol. The first-order valence-electron chi connectivity index (χ1n) is 4.85. The molecule has 4 N–H and O–H groups in total. The molecule has 16 heavy (non-hydrogen) atoms. The minimum atomic E-state index is -0.434.